The van der Waals surface area contributed by atoms with Crippen LogP contribution in [-0.4, -0.2) is 53.6 Å². The predicted molar refractivity (Wildman–Crippen MR) is 119 cm³/mol. The number of likely N-dealkylation sites (N-methyl/N-ethyl adjacent to an activating group) is 1. The van der Waals surface area contributed by atoms with E-state index in [1.165, 1.54) is 5.56 Å². The van der Waals surface area contributed by atoms with E-state index in [1.54, 1.807) is 12.3 Å². The minimum Gasteiger partial charge on any atom is -0.334 e. The van der Waals surface area contributed by atoms with E-state index in [0.717, 1.165) is 38.3 Å². The maximum atomic E-state index is 12.4. The summed E-state index contributed by atoms with van der Waals surface area (Å²) in [4.78, 5) is 17.2. The van der Waals surface area contributed by atoms with Gasteiger partial charge in [-0.15, -0.1) is 0 Å². The van der Waals surface area contributed by atoms with Crippen molar-refractivity contribution in [2.75, 3.05) is 38.5 Å². The van der Waals surface area contributed by atoms with Gasteiger partial charge in [-0.05, 0) is 45.0 Å². The van der Waals surface area contributed by atoms with Crippen molar-refractivity contribution in [2.45, 2.75) is 39.4 Å². The summed E-state index contributed by atoms with van der Waals surface area (Å²) in [7, 11) is 2.16. The molecule has 2 heterocycles. The Morgan fingerprint density at radius 3 is 2.33 bits per heavy atom. The Balaban J connectivity index is 1.52. The van der Waals surface area contributed by atoms with Gasteiger partial charge in [0.15, 0.2) is 0 Å². The van der Waals surface area contributed by atoms with Crippen LogP contribution in [0.15, 0.2) is 36.5 Å². The molecule has 2 N–H and O–H groups in total. The minimum atomic E-state index is -0.287. The SMILES string of the molecule is CN1CCN(Cc2ccc(CNC(=O)Nc3cc(C#N)cn3C(C)(C)C)cc2)CC1. The van der Waals surface area contributed by atoms with E-state index < -0.39 is 0 Å². The summed E-state index contributed by atoms with van der Waals surface area (Å²) in [5.41, 5.74) is 2.63. The van der Waals surface area contributed by atoms with Crippen molar-refractivity contribution < 1.29 is 4.79 Å². The zero-order chi connectivity index (χ0) is 21.7. The molecule has 0 unspecified atom stereocenters. The molecule has 160 valence electrons. The smallest absolute Gasteiger partial charge is 0.320 e. The third kappa shape index (κ3) is 5.85. The Morgan fingerprint density at radius 2 is 1.73 bits per heavy atom. The van der Waals surface area contributed by atoms with Gasteiger partial charge in [0.2, 0.25) is 0 Å². The summed E-state index contributed by atoms with van der Waals surface area (Å²) < 4.78 is 1.90. The first-order valence-electron chi connectivity index (χ1n) is 10.4. The molecule has 7 nitrogen and oxygen atoms in total. The molecule has 1 aromatic carbocycles. The molecule has 1 aromatic heterocycles. The van der Waals surface area contributed by atoms with Crippen LogP contribution in [0.2, 0.25) is 0 Å². The number of hydrogen-bond donors (Lipinski definition) is 2. The number of hydrogen-bond acceptors (Lipinski definition) is 4. The fourth-order valence-corrected chi connectivity index (χ4v) is 3.54. The number of carbonyl (C=O) groups is 1. The molecule has 0 radical (unpaired) electrons. The van der Waals surface area contributed by atoms with Gasteiger partial charge in [0, 0.05) is 51.0 Å². The number of amides is 2. The highest BCUT2D eigenvalue weighted by molar-refractivity contribution is 5.88. The Morgan fingerprint density at radius 1 is 1.10 bits per heavy atom. The summed E-state index contributed by atoms with van der Waals surface area (Å²) in [6, 6.07) is 11.9. The standard InChI is InChI=1S/C23H32N6O/c1-23(2,3)29-17-20(14-24)13-21(29)26-22(30)25-15-18-5-7-19(8-6-18)16-28-11-9-27(4)10-12-28/h5-8,13,17H,9-12,15-16H2,1-4H3,(H2,25,26,30). The molecule has 0 spiro atoms. The maximum absolute atomic E-state index is 12.4. The van der Waals surface area contributed by atoms with Gasteiger partial charge in [0.1, 0.15) is 11.9 Å². The highest BCUT2D eigenvalue weighted by Gasteiger charge is 2.19. The van der Waals surface area contributed by atoms with Crippen LogP contribution in [0.1, 0.15) is 37.5 Å². The van der Waals surface area contributed by atoms with Gasteiger partial charge >= 0.3 is 6.03 Å². The number of nitrogens with zero attached hydrogens (tertiary/aromatic N) is 4. The van der Waals surface area contributed by atoms with Crippen molar-refractivity contribution >= 4 is 11.8 Å². The molecule has 0 aliphatic carbocycles. The summed E-state index contributed by atoms with van der Waals surface area (Å²) in [5.74, 6) is 0.610. The summed E-state index contributed by atoms with van der Waals surface area (Å²) in [5, 5.41) is 14.9. The number of piperazine rings is 1. The van der Waals surface area contributed by atoms with Crippen LogP contribution in [0.5, 0.6) is 0 Å². The van der Waals surface area contributed by atoms with Crippen LogP contribution in [-0.2, 0) is 18.6 Å². The van der Waals surface area contributed by atoms with Crippen LogP contribution < -0.4 is 10.6 Å². The average molecular weight is 409 g/mol. The molecule has 0 saturated carbocycles. The second-order valence-electron chi connectivity index (χ2n) is 8.97. The fourth-order valence-electron chi connectivity index (χ4n) is 3.54. The van der Waals surface area contributed by atoms with E-state index in [-0.39, 0.29) is 11.6 Å². The van der Waals surface area contributed by atoms with E-state index in [4.69, 9.17) is 5.26 Å². The summed E-state index contributed by atoms with van der Waals surface area (Å²) >= 11 is 0. The molecular weight excluding hydrogens is 376 g/mol. The van der Waals surface area contributed by atoms with Gasteiger partial charge in [-0.2, -0.15) is 5.26 Å². The molecule has 1 aliphatic rings. The van der Waals surface area contributed by atoms with Gasteiger partial charge in [-0.3, -0.25) is 10.2 Å². The molecule has 1 saturated heterocycles. The lowest BCUT2D eigenvalue weighted by atomic mass is 10.1. The number of nitriles is 1. The maximum Gasteiger partial charge on any atom is 0.320 e. The van der Waals surface area contributed by atoms with Gasteiger partial charge in [0.05, 0.1) is 5.56 Å². The first-order valence-corrected chi connectivity index (χ1v) is 10.4. The lowest BCUT2D eigenvalue weighted by molar-refractivity contribution is 0.148. The molecule has 1 fully saturated rings. The number of anilines is 1. The van der Waals surface area contributed by atoms with Crippen LogP contribution in [0, 0.1) is 11.3 Å². The lowest BCUT2D eigenvalue weighted by Gasteiger charge is -2.32. The van der Waals surface area contributed by atoms with E-state index in [9.17, 15) is 4.79 Å². The van der Waals surface area contributed by atoms with Gasteiger partial charge in [-0.25, -0.2) is 4.79 Å². The number of benzene rings is 1. The third-order valence-corrected chi connectivity index (χ3v) is 5.39. The normalized spacial score (nSPS) is 15.6. The number of aromatic nitrogens is 1. The molecule has 2 amide bonds. The Bertz CT molecular complexity index is 895. The molecule has 0 bridgehead atoms. The van der Waals surface area contributed by atoms with Gasteiger partial charge in [0.25, 0.3) is 0 Å². The third-order valence-electron chi connectivity index (χ3n) is 5.39. The summed E-state index contributed by atoms with van der Waals surface area (Å²) in [6.07, 6.45) is 1.76. The Labute approximate surface area is 179 Å². The number of carbonyl (C=O) groups excluding carboxylic acids is 1. The first-order chi connectivity index (χ1) is 14.2. The molecule has 30 heavy (non-hydrogen) atoms. The largest absolute Gasteiger partial charge is 0.334 e. The molecule has 3 rings (SSSR count). The van der Waals surface area contributed by atoms with Crippen LogP contribution in [0.3, 0.4) is 0 Å². The van der Waals surface area contributed by atoms with Crippen molar-refractivity contribution in [1.29, 1.82) is 5.26 Å². The molecule has 7 heteroatoms. The molecule has 1 aliphatic heterocycles. The predicted octanol–water partition coefficient (Wildman–Crippen LogP) is 3.18. The first kappa shape index (κ1) is 21.9. The van der Waals surface area contributed by atoms with Gasteiger partial charge < -0.3 is 14.8 Å². The quantitative estimate of drug-likeness (QED) is 0.797. The van der Waals surface area contributed by atoms with E-state index in [1.807, 2.05) is 25.3 Å². The van der Waals surface area contributed by atoms with Crippen LogP contribution >= 0.6 is 0 Å². The molecule has 2 aromatic rings. The van der Waals surface area contributed by atoms with E-state index in [0.29, 0.717) is 17.9 Å². The second-order valence-corrected chi connectivity index (χ2v) is 8.97. The van der Waals surface area contributed by atoms with E-state index >= 15 is 0 Å². The van der Waals surface area contributed by atoms with E-state index in [2.05, 4.69) is 57.8 Å². The number of rotatable bonds is 5. The molecular formula is C23H32N6O. The minimum absolute atomic E-state index is 0.239. The number of urea groups is 1. The molecule has 0 atom stereocenters. The zero-order valence-corrected chi connectivity index (χ0v) is 18.4. The average Bonchev–Trinajstić information content (AvgIpc) is 3.12. The monoisotopic (exact) mass is 408 g/mol. The topological polar surface area (TPSA) is 76.3 Å². The van der Waals surface area contributed by atoms with Crippen molar-refractivity contribution in [3.05, 3.63) is 53.2 Å². The van der Waals surface area contributed by atoms with Crippen molar-refractivity contribution in [2.24, 2.45) is 0 Å². The van der Waals surface area contributed by atoms with Crippen molar-refractivity contribution in [1.82, 2.24) is 19.7 Å². The van der Waals surface area contributed by atoms with Crippen molar-refractivity contribution in [3.8, 4) is 6.07 Å². The van der Waals surface area contributed by atoms with Crippen LogP contribution in [0.4, 0.5) is 10.6 Å². The fraction of sp³-hybridized carbons (Fsp3) is 0.478. The Kier molecular flexibility index (Phi) is 6.80. The highest BCUT2D eigenvalue weighted by atomic mass is 16.2. The van der Waals surface area contributed by atoms with Gasteiger partial charge in [-0.1, -0.05) is 24.3 Å². The zero-order valence-electron chi connectivity index (χ0n) is 18.4. The highest BCUT2D eigenvalue weighted by Crippen LogP contribution is 2.23. The Hall–Kier alpha value is -2.82. The number of nitrogens with one attached hydrogen (secondary N) is 2. The lowest BCUT2D eigenvalue weighted by Crippen LogP contribution is -2.43. The second kappa shape index (κ2) is 9.33. The van der Waals surface area contributed by atoms with Crippen molar-refractivity contribution in [3.63, 3.8) is 0 Å². The van der Waals surface area contributed by atoms with Crippen LogP contribution in [0.25, 0.3) is 0 Å². The summed E-state index contributed by atoms with van der Waals surface area (Å²) in [6.45, 7) is 11.9.